The summed E-state index contributed by atoms with van der Waals surface area (Å²) in [6, 6.07) is 10.4. The van der Waals surface area contributed by atoms with Gasteiger partial charge in [0.2, 0.25) is 5.91 Å². The Hall–Kier alpha value is -2.67. The molecule has 1 fully saturated rings. The number of likely N-dealkylation sites (tertiary alicyclic amines) is 1. The molecule has 4 rings (SSSR count). The van der Waals surface area contributed by atoms with Crippen LogP contribution in [0.1, 0.15) is 50.6 Å². The van der Waals surface area contributed by atoms with Crippen molar-refractivity contribution in [1.29, 1.82) is 0 Å². The summed E-state index contributed by atoms with van der Waals surface area (Å²) in [4.78, 5) is 20.1. The van der Waals surface area contributed by atoms with Crippen molar-refractivity contribution in [2.75, 3.05) is 18.4 Å². The maximum atomic E-state index is 13.1. The van der Waals surface area contributed by atoms with Crippen LogP contribution in [0.5, 0.6) is 0 Å². The van der Waals surface area contributed by atoms with Crippen molar-refractivity contribution in [3.8, 4) is 0 Å². The maximum absolute atomic E-state index is 13.1. The molecule has 31 heavy (non-hydrogen) atoms. The van der Waals surface area contributed by atoms with Gasteiger partial charge < -0.3 is 10.2 Å². The molecule has 166 valence electrons. The van der Waals surface area contributed by atoms with Crippen LogP contribution in [0.25, 0.3) is 0 Å². The van der Waals surface area contributed by atoms with Crippen molar-refractivity contribution < 1.29 is 4.79 Å². The van der Waals surface area contributed by atoms with Gasteiger partial charge >= 0.3 is 0 Å². The van der Waals surface area contributed by atoms with Gasteiger partial charge in [-0.3, -0.25) is 19.8 Å². The van der Waals surface area contributed by atoms with Crippen LogP contribution in [-0.4, -0.2) is 50.6 Å². The number of aliphatic imine (C=N–C) groups is 1. The third-order valence-electron chi connectivity index (χ3n) is 6.05. The molecule has 1 aromatic heterocycles. The summed E-state index contributed by atoms with van der Waals surface area (Å²) in [5, 5.41) is 11.8. The Morgan fingerprint density at radius 1 is 1.26 bits per heavy atom. The topological polar surface area (TPSA) is 74.6 Å². The van der Waals surface area contributed by atoms with Crippen LogP contribution >= 0.6 is 0 Å². The minimum absolute atomic E-state index is 0.170. The largest absolute Gasteiger partial charge is 0.342 e. The molecule has 3 heterocycles. The van der Waals surface area contributed by atoms with E-state index in [-0.39, 0.29) is 17.0 Å². The second kappa shape index (κ2) is 8.11. The third kappa shape index (κ3) is 4.66. The molecule has 7 nitrogen and oxygen atoms in total. The summed E-state index contributed by atoms with van der Waals surface area (Å²) in [5.74, 6) is 1.10. The number of nitrogens with zero attached hydrogens (tertiary/aromatic N) is 4. The second-order valence-corrected chi connectivity index (χ2v) is 9.81. The van der Waals surface area contributed by atoms with E-state index in [4.69, 9.17) is 4.99 Å². The summed E-state index contributed by atoms with van der Waals surface area (Å²) >= 11 is 0. The highest BCUT2D eigenvalue weighted by Gasteiger charge is 2.45. The zero-order valence-corrected chi connectivity index (χ0v) is 19.3. The fourth-order valence-electron chi connectivity index (χ4n) is 4.48. The standard InChI is InChI=1S/C24H34N6O/c1-17-14-18(2)30(28-17)12-10-21(31)29-13-11-24(16-29)22(27-23(3,4)5)26-20-9-7-6-8-19(20)15-25-24/h6-9,14,25H,10-13,15-16H2,1-5H3,(H,26,27)/t24-/m1/s1. The second-order valence-electron chi connectivity index (χ2n) is 9.81. The SMILES string of the molecule is Cc1cc(C)n(CCC(=O)N2CC[C@]3(C2)NCc2ccccc2NC3=NC(C)(C)C)n1. The van der Waals surface area contributed by atoms with Crippen molar-refractivity contribution in [2.45, 2.75) is 71.6 Å². The fourth-order valence-corrected chi connectivity index (χ4v) is 4.48. The number of rotatable bonds is 3. The molecule has 2 aliphatic heterocycles. The number of aromatic nitrogens is 2. The monoisotopic (exact) mass is 422 g/mol. The van der Waals surface area contributed by atoms with E-state index >= 15 is 0 Å². The molecule has 2 aromatic rings. The Bertz CT molecular complexity index is 1000. The number of hydrogen-bond acceptors (Lipinski definition) is 4. The summed E-state index contributed by atoms with van der Waals surface area (Å²) in [6.45, 7) is 13.1. The van der Waals surface area contributed by atoms with E-state index < -0.39 is 0 Å². The summed E-state index contributed by atoms with van der Waals surface area (Å²) in [6.07, 6.45) is 1.30. The van der Waals surface area contributed by atoms with Crippen molar-refractivity contribution >= 4 is 17.4 Å². The van der Waals surface area contributed by atoms with Gasteiger partial charge in [0.1, 0.15) is 5.84 Å². The number of para-hydroxylation sites is 1. The van der Waals surface area contributed by atoms with Crippen LogP contribution in [0.15, 0.2) is 35.3 Å². The third-order valence-corrected chi connectivity index (χ3v) is 6.05. The zero-order valence-electron chi connectivity index (χ0n) is 19.3. The number of carbonyl (C=O) groups is 1. The molecule has 0 aliphatic carbocycles. The number of aryl methyl sites for hydroxylation is 3. The zero-order chi connectivity index (χ0) is 22.2. The molecule has 1 saturated heterocycles. The molecule has 1 spiro atoms. The summed E-state index contributed by atoms with van der Waals surface area (Å²) in [5.41, 5.74) is 3.81. The molecule has 1 atom stereocenters. The van der Waals surface area contributed by atoms with E-state index in [0.29, 0.717) is 19.5 Å². The minimum atomic E-state index is -0.361. The molecule has 2 N–H and O–H groups in total. The molecule has 0 bridgehead atoms. The van der Waals surface area contributed by atoms with Gasteiger partial charge in [-0.2, -0.15) is 5.10 Å². The van der Waals surface area contributed by atoms with E-state index in [0.717, 1.165) is 42.4 Å². The predicted octanol–water partition coefficient (Wildman–Crippen LogP) is 3.27. The number of benzene rings is 1. The molecule has 1 aromatic carbocycles. The maximum Gasteiger partial charge on any atom is 0.224 e. The van der Waals surface area contributed by atoms with E-state index in [2.05, 4.69) is 54.7 Å². The Kier molecular flexibility index (Phi) is 5.64. The highest BCUT2D eigenvalue weighted by Crippen LogP contribution is 2.31. The highest BCUT2D eigenvalue weighted by atomic mass is 16.2. The predicted molar refractivity (Wildman–Crippen MR) is 124 cm³/mol. The van der Waals surface area contributed by atoms with E-state index in [1.54, 1.807) is 0 Å². The van der Waals surface area contributed by atoms with Gasteiger partial charge in [0, 0.05) is 44.0 Å². The molecule has 2 aliphatic rings. The first kappa shape index (κ1) is 21.6. The Balaban J connectivity index is 1.52. The lowest BCUT2D eigenvalue weighted by atomic mass is 9.95. The van der Waals surface area contributed by atoms with Crippen molar-refractivity contribution in [3.63, 3.8) is 0 Å². The van der Waals surface area contributed by atoms with Gasteiger partial charge in [-0.25, -0.2) is 0 Å². The molecule has 7 heteroatoms. The number of hydrogen-bond donors (Lipinski definition) is 2. The average Bonchev–Trinajstić information content (AvgIpc) is 3.23. The summed E-state index contributed by atoms with van der Waals surface area (Å²) < 4.78 is 1.92. The first-order valence-electron chi connectivity index (χ1n) is 11.1. The van der Waals surface area contributed by atoms with Crippen LogP contribution in [0.4, 0.5) is 5.69 Å². The molecule has 0 unspecified atom stereocenters. The normalized spacial score (nSPS) is 22.5. The summed E-state index contributed by atoms with van der Waals surface area (Å²) in [7, 11) is 0. The molecular weight excluding hydrogens is 388 g/mol. The van der Waals surface area contributed by atoms with Crippen molar-refractivity contribution in [1.82, 2.24) is 20.0 Å². The van der Waals surface area contributed by atoms with Crippen LogP contribution < -0.4 is 10.6 Å². The minimum Gasteiger partial charge on any atom is -0.342 e. The molecule has 1 amide bonds. The molecular formula is C24H34N6O. The molecule has 0 saturated carbocycles. The van der Waals surface area contributed by atoms with Gasteiger partial charge in [-0.05, 0) is 58.7 Å². The Labute approximate surface area is 184 Å². The number of carbonyl (C=O) groups excluding carboxylic acids is 1. The number of amides is 1. The van der Waals surface area contributed by atoms with Crippen LogP contribution in [-0.2, 0) is 17.9 Å². The lowest BCUT2D eigenvalue weighted by molar-refractivity contribution is -0.130. The fraction of sp³-hybridized carbons (Fsp3) is 0.542. The number of amidine groups is 1. The lowest BCUT2D eigenvalue weighted by Gasteiger charge is -2.32. The number of anilines is 1. The Morgan fingerprint density at radius 3 is 2.74 bits per heavy atom. The van der Waals surface area contributed by atoms with E-state index in [1.807, 2.05) is 35.6 Å². The number of fused-ring (bicyclic) bond motifs is 1. The quantitative estimate of drug-likeness (QED) is 0.796. The lowest BCUT2D eigenvalue weighted by Crippen LogP contribution is -2.56. The van der Waals surface area contributed by atoms with Gasteiger partial charge in [-0.15, -0.1) is 0 Å². The van der Waals surface area contributed by atoms with Crippen LogP contribution in [0.3, 0.4) is 0 Å². The van der Waals surface area contributed by atoms with Crippen molar-refractivity contribution in [3.05, 3.63) is 47.3 Å². The van der Waals surface area contributed by atoms with Gasteiger partial charge in [0.15, 0.2) is 0 Å². The first-order valence-corrected chi connectivity index (χ1v) is 11.1. The van der Waals surface area contributed by atoms with Crippen LogP contribution in [0, 0.1) is 13.8 Å². The number of nitrogens with one attached hydrogen (secondary N) is 2. The smallest absolute Gasteiger partial charge is 0.224 e. The van der Waals surface area contributed by atoms with Crippen molar-refractivity contribution in [2.24, 2.45) is 4.99 Å². The van der Waals surface area contributed by atoms with E-state index in [1.165, 1.54) is 5.56 Å². The highest BCUT2D eigenvalue weighted by molar-refractivity contribution is 6.04. The van der Waals surface area contributed by atoms with Gasteiger partial charge in [0.25, 0.3) is 0 Å². The average molecular weight is 423 g/mol. The van der Waals surface area contributed by atoms with Gasteiger partial charge in [-0.1, -0.05) is 18.2 Å². The van der Waals surface area contributed by atoms with E-state index in [9.17, 15) is 4.79 Å². The first-order chi connectivity index (χ1) is 14.7. The molecule has 0 radical (unpaired) electrons. The van der Waals surface area contributed by atoms with Crippen LogP contribution in [0.2, 0.25) is 0 Å². The van der Waals surface area contributed by atoms with Gasteiger partial charge in [0.05, 0.1) is 16.8 Å². The Morgan fingerprint density at radius 2 is 2.03 bits per heavy atom.